The van der Waals surface area contributed by atoms with Crippen molar-refractivity contribution in [3.63, 3.8) is 0 Å². The van der Waals surface area contributed by atoms with Crippen LogP contribution in [0.25, 0.3) is 0 Å². The van der Waals surface area contributed by atoms with E-state index in [1.54, 1.807) is 0 Å². The van der Waals surface area contributed by atoms with Crippen LogP contribution in [0.15, 0.2) is 0 Å². The molecule has 1 heterocycles. The molecule has 0 unspecified atom stereocenters. The molecule has 1 amide bonds. The zero-order valence-electron chi connectivity index (χ0n) is 11.0. The van der Waals surface area contributed by atoms with E-state index in [9.17, 15) is 25.2 Å². The van der Waals surface area contributed by atoms with E-state index in [-0.39, 0.29) is 8.56 Å². The van der Waals surface area contributed by atoms with Gasteiger partial charge in [-0.2, -0.15) is 0 Å². The number of nitrogens with one attached hydrogen (secondary N) is 1. The van der Waals surface area contributed by atoms with Crippen molar-refractivity contribution in [1.29, 1.82) is 0 Å². The summed E-state index contributed by atoms with van der Waals surface area (Å²) in [5.41, 5.74) is 0. The minimum atomic E-state index is -1.62. The number of aliphatic hydroxyl groups is 5. The molecule has 0 aromatic heterocycles. The van der Waals surface area contributed by atoms with Gasteiger partial charge in [-0.25, -0.2) is 0 Å². The molecule has 0 aliphatic carbocycles. The SMILES string of the molecule is CC(=O)N[C@H]1[C@H]([C@H](O)[C@H](O)CO)O[C@](O)([CH2][Sm])C[C@@H]1O. The molecular formula is C11H20NO7Sm. The summed E-state index contributed by atoms with van der Waals surface area (Å²) in [6.07, 6.45) is -5.54. The van der Waals surface area contributed by atoms with E-state index < -0.39 is 48.8 Å². The van der Waals surface area contributed by atoms with Crippen molar-refractivity contribution in [3.8, 4) is 0 Å². The molecule has 1 fully saturated rings. The summed E-state index contributed by atoms with van der Waals surface area (Å²) in [5.74, 6) is -2.06. The fourth-order valence-corrected chi connectivity index (χ4v) is 2.76. The number of aliphatic hydroxyl groups excluding tert-OH is 4. The average Bonchev–Trinajstić information content (AvgIpc) is 2.39. The van der Waals surface area contributed by atoms with E-state index in [2.05, 4.69) is 5.32 Å². The van der Waals surface area contributed by atoms with Crippen LogP contribution in [0, 0.1) is 38.3 Å². The Bertz CT molecular complexity index is 345. The van der Waals surface area contributed by atoms with Crippen LogP contribution in [0.2, 0.25) is 2.14 Å². The molecule has 0 aromatic rings. The Morgan fingerprint density at radius 1 is 1.55 bits per heavy atom. The number of hydrogen-bond acceptors (Lipinski definition) is 7. The van der Waals surface area contributed by atoms with Crippen molar-refractivity contribution in [2.24, 2.45) is 0 Å². The first-order valence-electron chi connectivity index (χ1n) is 6.14. The van der Waals surface area contributed by atoms with Gasteiger partial charge < -0.3 is 0 Å². The second-order valence-corrected chi connectivity index (χ2v) is 5.84. The summed E-state index contributed by atoms with van der Waals surface area (Å²) in [4.78, 5) is 11.2. The van der Waals surface area contributed by atoms with Crippen LogP contribution in [-0.2, 0) is 9.53 Å². The van der Waals surface area contributed by atoms with Crippen LogP contribution in [0.1, 0.15) is 13.3 Å². The molecule has 0 aromatic carbocycles. The molecule has 1 saturated heterocycles. The number of carbonyl (C=O) groups excluding carboxylic acids is 1. The van der Waals surface area contributed by atoms with Gasteiger partial charge in [0, 0.05) is 0 Å². The van der Waals surface area contributed by atoms with Gasteiger partial charge in [0.25, 0.3) is 0 Å². The zero-order chi connectivity index (χ0) is 15.5. The van der Waals surface area contributed by atoms with Crippen molar-refractivity contribution >= 4 is 5.91 Å². The van der Waals surface area contributed by atoms with Gasteiger partial charge in [-0.1, -0.05) is 0 Å². The fraction of sp³-hybridized carbons (Fsp3) is 0.909. The number of rotatable bonds is 5. The second kappa shape index (κ2) is 7.72. The number of ether oxygens (including phenoxy) is 1. The van der Waals surface area contributed by atoms with Crippen LogP contribution in [0.5, 0.6) is 0 Å². The standard InChI is InChI=1S/C11H20NO7.Sm/c1-5(14)12-8-6(15)3-11(2,18)19-10(8)9(17)7(16)4-13;/h6-10,13,15-18H,2-4H2,1H3,(H,12,14);/t6-,7+,8+,9+,10+,11+;/m0./s1. The van der Waals surface area contributed by atoms with Crippen LogP contribution in [0.4, 0.5) is 0 Å². The molecule has 1 rings (SSSR count). The summed E-state index contributed by atoms with van der Waals surface area (Å²) in [6.45, 7) is 0.531. The van der Waals surface area contributed by atoms with Crippen molar-refractivity contribution in [1.82, 2.24) is 5.32 Å². The number of amides is 1. The Labute approximate surface area is 142 Å². The first-order chi connectivity index (χ1) is 9.24. The average molecular weight is 429 g/mol. The monoisotopic (exact) mass is 430 g/mol. The van der Waals surface area contributed by atoms with E-state index in [0.717, 1.165) is 38.3 Å². The summed E-state index contributed by atoms with van der Waals surface area (Å²) in [5, 5.41) is 51.0. The molecule has 1 aliphatic rings. The second-order valence-electron chi connectivity index (χ2n) is 4.91. The van der Waals surface area contributed by atoms with Crippen molar-refractivity contribution in [3.05, 3.63) is 0 Å². The molecule has 8 nitrogen and oxygen atoms in total. The van der Waals surface area contributed by atoms with Crippen LogP contribution < -0.4 is 5.32 Å². The maximum absolute atomic E-state index is 11.2. The normalized spacial score (nSPS) is 37.2. The minimum absolute atomic E-state index is 0.111. The van der Waals surface area contributed by atoms with Crippen molar-refractivity contribution in [2.75, 3.05) is 6.61 Å². The molecule has 0 spiro atoms. The Morgan fingerprint density at radius 2 is 2.15 bits per heavy atom. The molecule has 117 valence electrons. The van der Waals surface area contributed by atoms with Crippen molar-refractivity contribution in [2.45, 2.75) is 51.7 Å². The quantitative estimate of drug-likeness (QED) is 0.274. The van der Waals surface area contributed by atoms with E-state index in [4.69, 9.17) is 9.84 Å². The maximum atomic E-state index is 11.2. The molecular weight excluding hydrogens is 408 g/mol. The Kier molecular flexibility index (Phi) is 7.18. The van der Waals surface area contributed by atoms with Gasteiger partial charge in [-0.3, -0.25) is 0 Å². The molecule has 6 atom stereocenters. The third kappa shape index (κ3) is 4.53. The van der Waals surface area contributed by atoms with Gasteiger partial charge in [0.1, 0.15) is 0 Å². The van der Waals surface area contributed by atoms with Crippen LogP contribution in [0.3, 0.4) is 0 Å². The third-order valence-corrected chi connectivity index (χ3v) is 4.61. The molecule has 1 aliphatic heterocycles. The Hall–Kier alpha value is 0.568. The topological polar surface area (TPSA) is 139 Å². The van der Waals surface area contributed by atoms with Crippen molar-refractivity contribution < 1.29 is 73.4 Å². The number of hydrogen-bond donors (Lipinski definition) is 6. The fourth-order valence-electron chi connectivity index (χ4n) is 2.16. The molecule has 9 heteroatoms. The third-order valence-electron chi connectivity index (χ3n) is 3.17. The molecule has 0 bridgehead atoms. The first-order valence-corrected chi connectivity index (χ1v) is 7.99. The predicted molar refractivity (Wildman–Crippen MR) is 62.0 cm³/mol. The van der Waals surface area contributed by atoms with E-state index in [1.165, 1.54) is 6.92 Å². The van der Waals surface area contributed by atoms with Gasteiger partial charge >= 0.3 is 143 Å². The van der Waals surface area contributed by atoms with Gasteiger partial charge in [0.15, 0.2) is 0 Å². The Balaban J connectivity index is 2.98. The van der Waals surface area contributed by atoms with E-state index >= 15 is 0 Å². The molecule has 0 saturated carbocycles. The van der Waals surface area contributed by atoms with Crippen LogP contribution in [-0.4, -0.2) is 74.3 Å². The Morgan fingerprint density at radius 3 is 2.60 bits per heavy atom. The first kappa shape index (κ1) is 18.6. The summed E-state index contributed by atoms with van der Waals surface area (Å²) in [6, 6.07) is -0.981. The van der Waals surface area contributed by atoms with E-state index in [1.807, 2.05) is 0 Å². The van der Waals surface area contributed by atoms with Gasteiger partial charge in [0.2, 0.25) is 0 Å². The van der Waals surface area contributed by atoms with Gasteiger partial charge in [-0.15, -0.1) is 0 Å². The summed E-state index contributed by atoms with van der Waals surface area (Å²) < 4.78 is 5.62. The molecule has 0 radical (unpaired) electrons. The van der Waals surface area contributed by atoms with Gasteiger partial charge in [-0.05, 0) is 0 Å². The zero-order valence-corrected chi connectivity index (χ0v) is 13.6. The summed E-state index contributed by atoms with van der Waals surface area (Å²) in [7, 11) is 0. The van der Waals surface area contributed by atoms with E-state index in [0.29, 0.717) is 0 Å². The predicted octanol–water partition coefficient (Wildman–Crippen LogP) is -2.99. The molecule has 20 heavy (non-hydrogen) atoms. The van der Waals surface area contributed by atoms with Crippen LogP contribution >= 0.6 is 0 Å². The number of carbonyl (C=O) groups is 1. The summed E-state index contributed by atoms with van der Waals surface area (Å²) >= 11 is 1.02. The molecule has 6 N–H and O–H groups in total. The van der Waals surface area contributed by atoms with Gasteiger partial charge in [0.05, 0.1) is 0 Å².